The van der Waals surface area contributed by atoms with Gasteiger partial charge in [0.2, 0.25) is 0 Å². The van der Waals surface area contributed by atoms with Crippen LogP contribution in [0, 0.1) is 5.92 Å². The molecule has 3 aromatic rings. The zero-order valence-electron chi connectivity index (χ0n) is 16.0. The van der Waals surface area contributed by atoms with Crippen LogP contribution < -0.4 is 5.43 Å². The highest BCUT2D eigenvalue weighted by atomic mass is 19.4. The number of H-pyrrole nitrogens is 1. The molecule has 10 heteroatoms. The number of nitrogens with zero attached hydrogens (tertiary/aromatic N) is 2. The second-order valence-corrected chi connectivity index (χ2v) is 7.71. The van der Waals surface area contributed by atoms with Crippen LogP contribution in [0.5, 0.6) is 0 Å². The minimum absolute atomic E-state index is 0.103. The molecule has 4 nitrogen and oxygen atoms in total. The summed E-state index contributed by atoms with van der Waals surface area (Å²) in [5, 5.41) is 0.281. The lowest BCUT2D eigenvalue weighted by atomic mass is 9.77. The molecule has 0 amide bonds. The van der Waals surface area contributed by atoms with E-state index in [1.807, 2.05) is 0 Å². The van der Waals surface area contributed by atoms with Gasteiger partial charge in [-0.3, -0.25) is 14.8 Å². The summed E-state index contributed by atoms with van der Waals surface area (Å²) in [5.74, 6) is -1.80. The first kappa shape index (κ1) is 21.3. The number of fused-ring (bicyclic) bond motifs is 1. The molecule has 3 heterocycles. The lowest BCUT2D eigenvalue weighted by Crippen LogP contribution is -2.27. The van der Waals surface area contributed by atoms with Gasteiger partial charge in [-0.15, -0.1) is 0 Å². The standard InChI is InChI=1S/C21H17F6N3O/c22-20(23,24)12-3-1-11(2-4-12)14-10-29-19(21(25,26)27)7-13(14)17-8-18(31)15-9-28-6-5-16(15)30-17/h5-12H,1-4H2,(H,30,31)/t11-,12+. The molecule has 1 N–H and O–H groups in total. The maximum atomic E-state index is 13.3. The summed E-state index contributed by atoms with van der Waals surface area (Å²) in [5.41, 5.74) is -0.481. The first-order chi connectivity index (χ1) is 14.5. The van der Waals surface area contributed by atoms with E-state index >= 15 is 0 Å². The van der Waals surface area contributed by atoms with E-state index in [1.54, 1.807) is 0 Å². The van der Waals surface area contributed by atoms with E-state index in [0.29, 0.717) is 11.1 Å². The van der Waals surface area contributed by atoms with Crippen LogP contribution in [0.1, 0.15) is 42.9 Å². The summed E-state index contributed by atoms with van der Waals surface area (Å²) in [7, 11) is 0. The number of halogens is 6. The molecule has 0 aromatic carbocycles. The van der Waals surface area contributed by atoms with Crippen LogP contribution in [-0.2, 0) is 6.18 Å². The molecule has 1 saturated carbocycles. The Morgan fingerprint density at radius 3 is 2.32 bits per heavy atom. The highest BCUT2D eigenvalue weighted by Crippen LogP contribution is 2.45. The Balaban J connectivity index is 1.80. The smallest absolute Gasteiger partial charge is 0.354 e. The van der Waals surface area contributed by atoms with Gasteiger partial charge >= 0.3 is 12.4 Å². The van der Waals surface area contributed by atoms with Crippen molar-refractivity contribution in [3.8, 4) is 11.3 Å². The second kappa shape index (κ2) is 7.65. The fraction of sp³-hybridized carbons (Fsp3) is 0.381. The fourth-order valence-electron chi connectivity index (χ4n) is 4.15. The van der Waals surface area contributed by atoms with Crippen LogP contribution in [0.3, 0.4) is 0 Å². The van der Waals surface area contributed by atoms with Crippen molar-refractivity contribution in [2.45, 2.75) is 44.0 Å². The first-order valence-electron chi connectivity index (χ1n) is 9.65. The zero-order valence-corrected chi connectivity index (χ0v) is 16.0. The molecular formula is C21H17F6N3O. The topological polar surface area (TPSA) is 58.6 Å². The van der Waals surface area contributed by atoms with Crippen molar-refractivity contribution in [2.75, 3.05) is 0 Å². The molecule has 0 radical (unpaired) electrons. The summed E-state index contributed by atoms with van der Waals surface area (Å²) in [6.07, 6.45) is -4.99. The van der Waals surface area contributed by atoms with Crippen molar-refractivity contribution < 1.29 is 26.3 Å². The molecule has 0 atom stereocenters. The Morgan fingerprint density at radius 2 is 1.68 bits per heavy atom. The minimum Gasteiger partial charge on any atom is -0.354 e. The molecule has 0 bridgehead atoms. The van der Waals surface area contributed by atoms with E-state index in [9.17, 15) is 31.1 Å². The highest BCUT2D eigenvalue weighted by Gasteiger charge is 2.42. The van der Waals surface area contributed by atoms with E-state index in [0.717, 1.165) is 12.3 Å². The number of rotatable bonds is 2. The van der Waals surface area contributed by atoms with Gasteiger partial charge in [0.25, 0.3) is 0 Å². The van der Waals surface area contributed by atoms with Crippen LogP contribution in [-0.4, -0.2) is 21.1 Å². The second-order valence-electron chi connectivity index (χ2n) is 7.71. The molecule has 4 rings (SSSR count). The SMILES string of the molecule is O=c1cc(-c2cc(C(F)(F)F)ncc2[C@H]2CC[C@@H](C(F)(F)F)CC2)[nH]c2ccncc12. The highest BCUT2D eigenvalue weighted by molar-refractivity contribution is 5.81. The number of alkyl halides is 6. The predicted octanol–water partition coefficient (Wildman–Crippen LogP) is 5.84. The van der Waals surface area contributed by atoms with Gasteiger partial charge in [-0.1, -0.05) is 0 Å². The normalized spacial score (nSPS) is 20.2. The summed E-state index contributed by atoms with van der Waals surface area (Å²) >= 11 is 0. The van der Waals surface area contributed by atoms with Gasteiger partial charge < -0.3 is 4.98 Å². The molecule has 0 saturated heterocycles. The Morgan fingerprint density at radius 1 is 0.968 bits per heavy atom. The van der Waals surface area contributed by atoms with Crippen LogP contribution in [0.4, 0.5) is 26.3 Å². The molecule has 1 fully saturated rings. The monoisotopic (exact) mass is 441 g/mol. The van der Waals surface area contributed by atoms with Gasteiger partial charge in [-0.25, -0.2) is 0 Å². The lowest BCUT2D eigenvalue weighted by molar-refractivity contribution is -0.182. The molecule has 31 heavy (non-hydrogen) atoms. The van der Waals surface area contributed by atoms with E-state index < -0.39 is 29.4 Å². The largest absolute Gasteiger partial charge is 0.433 e. The summed E-state index contributed by atoms with van der Waals surface area (Å²) < 4.78 is 78.9. The number of aromatic nitrogens is 3. The molecular weight excluding hydrogens is 424 g/mol. The van der Waals surface area contributed by atoms with E-state index in [-0.39, 0.29) is 48.2 Å². The number of aromatic amines is 1. The van der Waals surface area contributed by atoms with Gasteiger partial charge in [0, 0.05) is 30.2 Å². The van der Waals surface area contributed by atoms with Crippen molar-refractivity contribution in [3.63, 3.8) is 0 Å². The summed E-state index contributed by atoms with van der Waals surface area (Å²) in [6.45, 7) is 0. The van der Waals surface area contributed by atoms with Crippen molar-refractivity contribution in [3.05, 3.63) is 58.3 Å². The third-order valence-corrected chi connectivity index (χ3v) is 5.78. The summed E-state index contributed by atoms with van der Waals surface area (Å²) in [4.78, 5) is 22.8. The van der Waals surface area contributed by atoms with E-state index in [1.165, 1.54) is 24.5 Å². The molecule has 0 aliphatic heterocycles. The fourth-order valence-corrected chi connectivity index (χ4v) is 4.15. The third kappa shape index (κ3) is 4.28. The molecule has 1 aliphatic carbocycles. The lowest BCUT2D eigenvalue weighted by Gasteiger charge is -2.31. The van der Waals surface area contributed by atoms with Crippen LogP contribution in [0.2, 0.25) is 0 Å². The minimum atomic E-state index is -4.71. The van der Waals surface area contributed by atoms with Crippen molar-refractivity contribution in [2.24, 2.45) is 5.92 Å². The molecule has 3 aromatic heterocycles. The first-order valence-corrected chi connectivity index (χ1v) is 9.65. The maximum absolute atomic E-state index is 13.3. The van der Waals surface area contributed by atoms with E-state index in [4.69, 9.17) is 0 Å². The van der Waals surface area contributed by atoms with Crippen LogP contribution in [0.15, 0.2) is 41.6 Å². The van der Waals surface area contributed by atoms with Crippen molar-refractivity contribution >= 4 is 10.9 Å². The number of hydrogen-bond donors (Lipinski definition) is 1. The molecule has 0 spiro atoms. The average molecular weight is 441 g/mol. The van der Waals surface area contributed by atoms with Gasteiger partial charge in [-0.2, -0.15) is 26.3 Å². The van der Waals surface area contributed by atoms with Gasteiger partial charge in [-0.05, 0) is 49.3 Å². The number of pyridine rings is 3. The summed E-state index contributed by atoms with van der Waals surface area (Å²) in [6, 6.07) is 3.56. The number of hydrogen-bond acceptors (Lipinski definition) is 3. The van der Waals surface area contributed by atoms with E-state index in [2.05, 4.69) is 15.0 Å². The van der Waals surface area contributed by atoms with Gasteiger partial charge in [0.05, 0.1) is 22.5 Å². The van der Waals surface area contributed by atoms with Crippen molar-refractivity contribution in [1.82, 2.24) is 15.0 Å². The van der Waals surface area contributed by atoms with Crippen molar-refractivity contribution in [1.29, 1.82) is 0 Å². The zero-order chi connectivity index (χ0) is 22.4. The number of nitrogens with one attached hydrogen (secondary N) is 1. The Hall–Kier alpha value is -2.91. The molecule has 1 aliphatic rings. The Bertz CT molecular complexity index is 1160. The van der Waals surface area contributed by atoms with Crippen LogP contribution in [0.25, 0.3) is 22.2 Å². The maximum Gasteiger partial charge on any atom is 0.433 e. The quantitative estimate of drug-likeness (QED) is 0.509. The molecule has 0 unspecified atom stereocenters. The van der Waals surface area contributed by atoms with Gasteiger partial charge in [0.15, 0.2) is 5.43 Å². The van der Waals surface area contributed by atoms with Crippen LogP contribution >= 0.6 is 0 Å². The van der Waals surface area contributed by atoms with Gasteiger partial charge in [0.1, 0.15) is 5.69 Å². The average Bonchev–Trinajstić information content (AvgIpc) is 2.72. The Kier molecular flexibility index (Phi) is 5.26. The molecule has 164 valence electrons. The third-order valence-electron chi connectivity index (χ3n) is 5.78. The predicted molar refractivity (Wildman–Crippen MR) is 101 cm³/mol. The Labute approximate surface area is 172 Å².